The van der Waals surface area contributed by atoms with Gasteiger partial charge in [-0.1, -0.05) is 0 Å². The Labute approximate surface area is 136 Å². The van der Waals surface area contributed by atoms with Crippen LogP contribution in [0.5, 0.6) is 0 Å². The number of hydrogen-bond donors (Lipinski definition) is 1. The third-order valence-corrected chi connectivity index (χ3v) is 3.22. The lowest BCUT2D eigenvalue weighted by Gasteiger charge is -2.13. The minimum atomic E-state index is -2.97. The van der Waals surface area contributed by atoms with Gasteiger partial charge in [0, 0.05) is 0 Å². The monoisotopic (exact) mass is 341 g/mol. The number of ether oxygens (including phenoxy) is 1. The van der Waals surface area contributed by atoms with E-state index in [9.17, 15) is 18.4 Å². The molecule has 0 saturated heterocycles. The first kappa shape index (κ1) is 17.6. The van der Waals surface area contributed by atoms with Gasteiger partial charge in [0.2, 0.25) is 5.91 Å². The molecule has 24 heavy (non-hydrogen) atoms. The van der Waals surface area contributed by atoms with Crippen molar-refractivity contribution in [3.8, 4) is 0 Å². The largest absolute Gasteiger partial charge is 0.467 e. The van der Waals surface area contributed by atoms with Crippen LogP contribution in [0.4, 0.5) is 8.78 Å². The first-order valence-corrected chi connectivity index (χ1v) is 7.27. The molecule has 130 valence electrons. The number of nitrogens with zero attached hydrogens (tertiary/aromatic N) is 2. The number of furan rings is 1. The van der Waals surface area contributed by atoms with Crippen LogP contribution in [-0.2, 0) is 16.1 Å². The summed E-state index contributed by atoms with van der Waals surface area (Å²) < 4.78 is 37.1. The molecule has 2 heterocycles. The van der Waals surface area contributed by atoms with Gasteiger partial charge in [0.25, 0.3) is 6.43 Å². The number of halogens is 2. The second-order valence-electron chi connectivity index (χ2n) is 4.93. The highest BCUT2D eigenvalue weighted by molar-refractivity contribution is 5.90. The van der Waals surface area contributed by atoms with E-state index in [2.05, 4.69) is 10.4 Å². The highest BCUT2D eigenvalue weighted by atomic mass is 19.3. The standard InChI is InChI=1S/C15H17F2N3O4/c1-3-23-15(22)10-7-18-20(13(10)14(16)17)8-12(21)19-9(2)11-5-4-6-24-11/h4-7,9,14H,3,8H2,1-2H3,(H,19,21)/t9-/m1/s1. The van der Waals surface area contributed by atoms with Crippen LogP contribution in [0, 0.1) is 0 Å². The first-order chi connectivity index (χ1) is 11.4. The molecule has 0 spiro atoms. The molecule has 0 aliphatic carbocycles. The molecule has 2 aromatic rings. The van der Waals surface area contributed by atoms with Gasteiger partial charge in [-0.05, 0) is 26.0 Å². The summed E-state index contributed by atoms with van der Waals surface area (Å²) in [5.41, 5.74) is -0.993. The van der Waals surface area contributed by atoms with Crippen molar-refractivity contribution in [2.75, 3.05) is 6.61 Å². The van der Waals surface area contributed by atoms with Gasteiger partial charge < -0.3 is 14.5 Å². The molecule has 2 rings (SSSR count). The zero-order valence-electron chi connectivity index (χ0n) is 13.2. The van der Waals surface area contributed by atoms with Crippen molar-refractivity contribution in [2.45, 2.75) is 32.9 Å². The summed E-state index contributed by atoms with van der Waals surface area (Å²) in [6.45, 7) is 2.85. The lowest BCUT2D eigenvalue weighted by molar-refractivity contribution is -0.122. The van der Waals surface area contributed by atoms with E-state index in [4.69, 9.17) is 9.15 Å². The molecule has 0 saturated carbocycles. The number of hydrogen-bond acceptors (Lipinski definition) is 5. The second-order valence-corrected chi connectivity index (χ2v) is 4.93. The molecule has 0 aromatic carbocycles. The molecule has 0 fully saturated rings. The summed E-state index contributed by atoms with van der Waals surface area (Å²) in [6.07, 6.45) is -0.531. The van der Waals surface area contributed by atoms with Gasteiger partial charge in [0.1, 0.15) is 23.6 Å². The molecule has 0 aliphatic heterocycles. The van der Waals surface area contributed by atoms with E-state index in [1.54, 1.807) is 26.0 Å². The van der Waals surface area contributed by atoms with Crippen molar-refractivity contribution in [2.24, 2.45) is 0 Å². The Morgan fingerprint density at radius 2 is 2.21 bits per heavy atom. The maximum atomic E-state index is 13.2. The number of nitrogens with one attached hydrogen (secondary N) is 1. The number of alkyl halides is 2. The quantitative estimate of drug-likeness (QED) is 0.782. The Balaban J connectivity index is 2.11. The Morgan fingerprint density at radius 1 is 1.46 bits per heavy atom. The number of aromatic nitrogens is 2. The van der Waals surface area contributed by atoms with Crippen LogP contribution in [-0.4, -0.2) is 28.3 Å². The summed E-state index contributed by atoms with van der Waals surface area (Å²) >= 11 is 0. The Morgan fingerprint density at radius 3 is 2.79 bits per heavy atom. The Kier molecular flexibility index (Phi) is 5.67. The molecule has 1 N–H and O–H groups in total. The van der Waals surface area contributed by atoms with E-state index < -0.39 is 36.6 Å². The summed E-state index contributed by atoms with van der Waals surface area (Å²) in [7, 11) is 0. The van der Waals surface area contributed by atoms with Crippen molar-refractivity contribution in [3.05, 3.63) is 41.6 Å². The minimum absolute atomic E-state index is 0.0494. The fourth-order valence-corrected chi connectivity index (χ4v) is 2.15. The van der Waals surface area contributed by atoms with Gasteiger partial charge in [0.15, 0.2) is 0 Å². The SMILES string of the molecule is CCOC(=O)c1cnn(CC(=O)N[C@H](C)c2ccco2)c1C(F)F. The van der Waals surface area contributed by atoms with E-state index in [0.29, 0.717) is 5.76 Å². The lowest BCUT2D eigenvalue weighted by atomic mass is 10.2. The minimum Gasteiger partial charge on any atom is -0.467 e. The van der Waals surface area contributed by atoms with Crippen LogP contribution >= 0.6 is 0 Å². The van der Waals surface area contributed by atoms with Gasteiger partial charge in [0.05, 0.1) is 25.1 Å². The molecular weight excluding hydrogens is 324 g/mol. The summed E-state index contributed by atoms with van der Waals surface area (Å²) in [5, 5.41) is 6.31. The first-order valence-electron chi connectivity index (χ1n) is 7.27. The normalized spacial score (nSPS) is 12.2. The fraction of sp³-hybridized carbons (Fsp3) is 0.400. The zero-order chi connectivity index (χ0) is 17.7. The molecule has 0 aliphatic rings. The molecule has 0 unspecified atom stereocenters. The van der Waals surface area contributed by atoms with Gasteiger partial charge in [-0.3, -0.25) is 9.48 Å². The number of esters is 1. The summed E-state index contributed by atoms with van der Waals surface area (Å²) in [4.78, 5) is 23.7. The highest BCUT2D eigenvalue weighted by Gasteiger charge is 2.26. The van der Waals surface area contributed by atoms with Crippen molar-refractivity contribution >= 4 is 11.9 Å². The van der Waals surface area contributed by atoms with Crippen LogP contribution in [0.25, 0.3) is 0 Å². The van der Waals surface area contributed by atoms with Crippen LogP contribution in [0.15, 0.2) is 29.0 Å². The predicted octanol–water partition coefficient (Wildman–Crippen LogP) is 2.47. The maximum Gasteiger partial charge on any atom is 0.341 e. The molecule has 0 bridgehead atoms. The van der Waals surface area contributed by atoms with E-state index in [1.165, 1.54) is 6.26 Å². The molecule has 1 amide bonds. The highest BCUT2D eigenvalue weighted by Crippen LogP contribution is 2.23. The third kappa shape index (κ3) is 3.98. The van der Waals surface area contributed by atoms with E-state index in [-0.39, 0.29) is 12.2 Å². The van der Waals surface area contributed by atoms with Crippen LogP contribution in [0.1, 0.15) is 48.1 Å². The van der Waals surface area contributed by atoms with Crippen LogP contribution < -0.4 is 5.32 Å². The van der Waals surface area contributed by atoms with E-state index >= 15 is 0 Å². The Bertz CT molecular complexity index is 698. The smallest absolute Gasteiger partial charge is 0.341 e. The van der Waals surface area contributed by atoms with Crippen molar-refractivity contribution in [1.29, 1.82) is 0 Å². The summed E-state index contributed by atoms with van der Waals surface area (Å²) in [6, 6.07) is 2.93. The molecule has 7 nitrogen and oxygen atoms in total. The van der Waals surface area contributed by atoms with Crippen molar-refractivity contribution in [1.82, 2.24) is 15.1 Å². The van der Waals surface area contributed by atoms with Gasteiger partial charge in [-0.2, -0.15) is 5.10 Å². The predicted molar refractivity (Wildman–Crippen MR) is 78.4 cm³/mol. The van der Waals surface area contributed by atoms with Crippen LogP contribution in [0.2, 0.25) is 0 Å². The number of carbonyl (C=O) groups is 2. The number of rotatable bonds is 7. The molecule has 2 aromatic heterocycles. The zero-order valence-corrected chi connectivity index (χ0v) is 13.2. The van der Waals surface area contributed by atoms with Crippen molar-refractivity contribution < 1.29 is 27.5 Å². The summed E-state index contributed by atoms with van der Waals surface area (Å²) in [5.74, 6) is -0.909. The molecule has 0 radical (unpaired) electrons. The van der Waals surface area contributed by atoms with Gasteiger partial charge in [-0.25, -0.2) is 13.6 Å². The average molecular weight is 341 g/mol. The maximum absolute atomic E-state index is 13.2. The second kappa shape index (κ2) is 7.71. The van der Waals surface area contributed by atoms with Gasteiger partial charge >= 0.3 is 5.97 Å². The fourth-order valence-electron chi connectivity index (χ4n) is 2.15. The van der Waals surface area contributed by atoms with Crippen LogP contribution in [0.3, 0.4) is 0 Å². The topological polar surface area (TPSA) is 86.4 Å². The lowest BCUT2D eigenvalue weighted by Crippen LogP contribution is -2.31. The number of amides is 1. The van der Waals surface area contributed by atoms with Crippen molar-refractivity contribution in [3.63, 3.8) is 0 Å². The average Bonchev–Trinajstić information content (AvgIpc) is 3.16. The Hall–Kier alpha value is -2.71. The molecule has 1 atom stereocenters. The number of carbonyl (C=O) groups excluding carboxylic acids is 2. The van der Waals surface area contributed by atoms with Gasteiger partial charge in [-0.15, -0.1) is 0 Å². The van der Waals surface area contributed by atoms with E-state index in [1.807, 2.05) is 0 Å². The molecule has 9 heteroatoms. The van der Waals surface area contributed by atoms with E-state index in [0.717, 1.165) is 10.9 Å². The third-order valence-electron chi connectivity index (χ3n) is 3.22. The molecular formula is C15H17F2N3O4.